The summed E-state index contributed by atoms with van der Waals surface area (Å²) in [4.78, 5) is 22.4. The summed E-state index contributed by atoms with van der Waals surface area (Å²) in [7, 11) is 0. The Morgan fingerprint density at radius 1 is 1.13 bits per heavy atom. The molecule has 3 aromatic rings. The van der Waals surface area contributed by atoms with Crippen molar-refractivity contribution in [1.29, 1.82) is 0 Å². The number of fused-ring (bicyclic) bond motifs is 2. The molecule has 0 radical (unpaired) electrons. The lowest BCUT2D eigenvalue weighted by atomic mass is 10.0. The number of rotatable bonds is 5. The van der Waals surface area contributed by atoms with Crippen molar-refractivity contribution < 1.29 is 4.79 Å². The van der Waals surface area contributed by atoms with Gasteiger partial charge in [-0.2, -0.15) is 5.10 Å². The van der Waals surface area contributed by atoms with Crippen LogP contribution in [0.25, 0.3) is 11.4 Å². The number of imidazole rings is 1. The van der Waals surface area contributed by atoms with Gasteiger partial charge in [0.25, 0.3) is 5.91 Å². The first-order chi connectivity index (χ1) is 15.1. The molecule has 0 aliphatic carbocycles. The Morgan fingerprint density at radius 3 is 2.77 bits per heavy atom. The van der Waals surface area contributed by atoms with Gasteiger partial charge in [-0.3, -0.25) is 4.79 Å². The van der Waals surface area contributed by atoms with E-state index in [4.69, 9.17) is 9.97 Å². The molecule has 0 saturated carbocycles. The van der Waals surface area contributed by atoms with E-state index in [0.29, 0.717) is 12.5 Å². The predicted octanol–water partition coefficient (Wildman–Crippen LogP) is 3.55. The first-order valence-corrected chi connectivity index (χ1v) is 11.5. The van der Waals surface area contributed by atoms with Crippen molar-refractivity contribution in [2.45, 2.75) is 72.0 Å². The summed E-state index contributed by atoms with van der Waals surface area (Å²) in [6.45, 7) is 6.66. The van der Waals surface area contributed by atoms with E-state index in [0.717, 1.165) is 91.6 Å². The summed E-state index contributed by atoms with van der Waals surface area (Å²) in [6, 6.07) is 8.19. The van der Waals surface area contributed by atoms with Gasteiger partial charge >= 0.3 is 0 Å². The average Bonchev–Trinajstić information content (AvgIpc) is 3.38. The Hall–Kier alpha value is -2.96. The summed E-state index contributed by atoms with van der Waals surface area (Å²) >= 11 is 0. The highest BCUT2D eigenvalue weighted by atomic mass is 16.2. The third-order valence-corrected chi connectivity index (χ3v) is 6.48. The number of carbonyl (C=O) groups excluding carboxylic acids is 1. The van der Waals surface area contributed by atoms with E-state index in [2.05, 4.69) is 28.8 Å². The van der Waals surface area contributed by atoms with Gasteiger partial charge in [0.1, 0.15) is 17.3 Å². The summed E-state index contributed by atoms with van der Waals surface area (Å²) in [5.41, 5.74) is 3.73. The lowest BCUT2D eigenvalue weighted by Crippen LogP contribution is -2.27. The van der Waals surface area contributed by atoms with Gasteiger partial charge in [-0.25, -0.2) is 14.6 Å². The van der Waals surface area contributed by atoms with E-state index >= 15 is 0 Å². The summed E-state index contributed by atoms with van der Waals surface area (Å²) in [6.07, 6.45) is 6.16. The third-order valence-electron chi connectivity index (χ3n) is 6.48. The highest BCUT2D eigenvalue weighted by Crippen LogP contribution is 2.23. The molecular formula is C24H30N6O. The van der Waals surface area contributed by atoms with Gasteiger partial charge in [0.2, 0.25) is 0 Å². The number of carbonyl (C=O) groups is 1. The molecule has 0 spiro atoms. The molecule has 0 unspecified atom stereocenters. The van der Waals surface area contributed by atoms with Crippen LogP contribution in [0, 0.1) is 5.92 Å². The Bertz CT molecular complexity index is 1090. The molecule has 1 aromatic carbocycles. The second-order valence-electron chi connectivity index (χ2n) is 8.84. The van der Waals surface area contributed by atoms with Crippen molar-refractivity contribution in [3.63, 3.8) is 0 Å². The second kappa shape index (κ2) is 8.29. The highest BCUT2D eigenvalue weighted by molar-refractivity contribution is 5.94. The minimum atomic E-state index is -0.0286. The minimum absolute atomic E-state index is 0.0286. The number of benzene rings is 1. The number of nitrogens with one attached hydrogen (secondary N) is 1. The number of aromatic nitrogens is 5. The van der Waals surface area contributed by atoms with Crippen molar-refractivity contribution in [2.24, 2.45) is 5.92 Å². The first kappa shape index (κ1) is 20.0. The summed E-state index contributed by atoms with van der Waals surface area (Å²) in [5, 5.41) is 7.77. The van der Waals surface area contributed by atoms with Crippen LogP contribution in [-0.2, 0) is 38.9 Å². The van der Waals surface area contributed by atoms with Gasteiger partial charge in [-0.15, -0.1) is 0 Å². The van der Waals surface area contributed by atoms with Crippen LogP contribution in [0.1, 0.15) is 66.5 Å². The zero-order valence-electron chi connectivity index (χ0n) is 18.4. The molecule has 5 rings (SSSR count). The molecule has 0 fully saturated rings. The fraction of sp³-hybridized carbons (Fsp3) is 0.500. The second-order valence-corrected chi connectivity index (χ2v) is 8.84. The van der Waals surface area contributed by atoms with Crippen molar-refractivity contribution in [2.75, 3.05) is 0 Å². The molecule has 7 nitrogen and oxygen atoms in total. The smallest absolute Gasteiger partial charge is 0.270 e. The average molecular weight is 419 g/mol. The van der Waals surface area contributed by atoms with E-state index in [1.54, 1.807) is 0 Å². The Morgan fingerprint density at radius 2 is 1.97 bits per heavy atom. The normalized spacial score (nSPS) is 17.8. The van der Waals surface area contributed by atoms with Crippen LogP contribution in [-0.4, -0.2) is 30.2 Å². The SMILES string of the molecule is CCc1nc2n(c1C(=O)NCc1ccc(-c3nc4n(n3)CC[C@H](C)C4)cc1)CCCC2. The van der Waals surface area contributed by atoms with Crippen LogP contribution in [0.5, 0.6) is 0 Å². The molecule has 31 heavy (non-hydrogen) atoms. The molecule has 1 N–H and O–H groups in total. The summed E-state index contributed by atoms with van der Waals surface area (Å²) in [5.74, 6) is 3.57. The monoisotopic (exact) mass is 418 g/mol. The highest BCUT2D eigenvalue weighted by Gasteiger charge is 2.23. The van der Waals surface area contributed by atoms with Crippen LogP contribution >= 0.6 is 0 Å². The maximum absolute atomic E-state index is 13.0. The van der Waals surface area contributed by atoms with Crippen LogP contribution < -0.4 is 5.32 Å². The first-order valence-electron chi connectivity index (χ1n) is 11.5. The van der Waals surface area contributed by atoms with E-state index in [1.807, 2.05) is 28.9 Å². The number of amides is 1. The topological polar surface area (TPSA) is 77.6 Å². The number of hydrogen-bond donors (Lipinski definition) is 1. The molecule has 0 saturated heterocycles. The number of hydrogen-bond acceptors (Lipinski definition) is 4. The van der Waals surface area contributed by atoms with Crippen LogP contribution in [0.2, 0.25) is 0 Å². The third kappa shape index (κ3) is 3.89. The van der Waals surface area contributed by atoms with Crippen molar-refractivity contribution in [3.05, 3.63) is 52.9 Å². The van der Waals surface area contributed by atoms with Gasteiger partial charge < -0.3 is 9.88 Å². The van der Waals surface area contributed by atoms with Gasteiger partial charge in [0, 0.05) is 38.0 Å². The zero-order valence-corrected chi connectivity index (χ0v) is 18.4. The van der Waals surface area contributed by atoms with E-state index in [-0.39, 0.29) is 5.91 Å². The molecular weight excluding hydrogens is 388 g/mol. The molecule has 0 bridgehead atoms. The summed E-state index contributed by atoms with van der Waals surface area (Å²) < 4.78 is 4.16. The largest absolute Gasteiger partial charge is 0.347 e. The van der Waals surface area contributed by atoms with Crippen molar-refractivity contribution in [1.82, 2.24) is 29.6 Å². The molecule has 2 aromatic heterocycles. The van der Waals surface area contributed by atoms with Gasteiger partial charge in [0.05, 0.1) is 5.69 Å². The van der Waals surface area contributed by atoms with Gasteiger partial charge in [-0.1, -0.05) is 38.1 Å². The molecule has 162 valence electrons. The Labute approximate surface area is 182 Å². The molecule has 4 heterocycles. The van der Waals surface area contributed by atoms with E-state index in [9.17, 15) is 4.79 Å². The standard InChI is InChI=1S/C24H30N6O/c1-3-19-22(29-12-5-4-6-20(29)26-19)24(31)25-15-17-7-9-18(10-8-17)23-27-21-14-16(2)11-13-30(21)28-23/h7-10,16H,3-6,11-15H2,1-2H3,(H,25,31)/t16-/m0/s1. The van der Waals surface area contributed by atoms with E-state index < -0.39 is 0 Å². The number of aryl methyl sites for hydroxylation is 3. The predicted molar refractivity (Wildman–Crippen MR) is 119 cm³/mol. The van der Waals surface area contributed by atoms with Crippen molar-refractivity contribution >= 4 is 5.91 Å². The van der Waals surface area contributed by atoms with Crippen LogP contribution in [0.3, 0.4) is 0 Å². The van der Waals surface area contributed by atoms with Crippen LogP contribution in [0.4, 0.5) is 0 Å². The Balaban J connectivity index is 1.27. The fourth-order valence-electron chi connectivity index (χ4n) is 4.66. The van der Waals surface area contributed by atoms with Gasteiger partial charge in [-0.05, 0) is 37.2 Å². The number of nitrogens with zero attached hydrogens (tertiary/aromatic N) is 5. The van der Waals surface area contributed by atoms with Crippen LogP contribution in [0.15, 0.2) is 24.3 Å². The molecule has 2 aliphatic heterocycles. The maximum atomic E-state index is 13.0. The fourth-order valence-corrected chi connectivity index (χ4v) is 4.66. The van der Waals surface area contributed by atoms with E-state index in [1.165, 1.54) is 0 Å². The lowest BCUT2D eigenvalue weighted by Gasteiger charge is -2.17. The van der Waals surface area contributed by atoms with Crippen molar-refractivity contribution in [3.8, 4) is 11.4 Å². The van der Waals surface area contributed by atoms with Gasteiger partial charge in [0.15, 0.2) is 5.82 Å². The zero-order chi connectivity index (χ0) is 21.4. The molecule has 2 aliphatic rings. The Kier molecular flexibility index (Phi) is 5.34. The minimum Gasteiger partial charge on any atom is -0.347 e. The molecule has 1 amide bonds. The maximum Gasteiger partial charge on any atom is 0.270 e. The lowest BCUT2D eigenvalue weighted by molar-refractivity contribution is 0.0939. The molecule has 1 atom stereocenters. The molecule has 7 heteroatoms. The quantitative estimate of drug-likeness (QED) is 0.687.